The first-order valence-corrected chi connectivity index (χ1v) is 6.21. The maximum Gasteiger partial charge on any atom is 0.138 e. The third-order valence-corrected chi connectivity index (χ3v) is 3.22. The summed E-state index contributed by atoms with van der Waals surface area (Å²) < 4.78 is 5.67. The molecule has 2 atom stereocenters. The molecule has 1 saturated heterocycles. The average Bonchev–Trinajstić information content (AvgIpc) is 2.66. The van der Waals surface area contributed by atoms with E-state index >= 15 is 0 Å². The average molecular weight is 225 g/mol. The minimum absolute atomic E-state index is 0.120. The minimum atomic E-state index is -0.398. The number of hydrogen-bond acceptors (Lipinski definition) is 4. The number of ether oxygens (including phenoxy) is 1. The van der Waals surface area contributed by atoms with Gasteiger partial charge in [-0.05, 0) is 30.5 Å². The Kier molecular flexibility index (Phi) is 3.51. The summed E-state index contributed by atoms with van der Waals surface area (Å²) in [6.07, 6.45) is 1.52. The van der Waals surface area contributed by atoms with Crippen molar-refractivity contribution in [1.82, 2.24) is 5.32 Å². The van der Waals surface area contributed by atoms with Gasteiger partial charge in [-0.3, -0.25) is 0 Å². The molecule has 2 unspecified atom stereocenters. The highest BCUT2D eigenvalue weighted by Gasteiger charge is 2.26. The van der Waals surface area contributed by atoms with Gasteiger partial charge in [-0.1, -0.05) is 0 Å². The number of aliphatic hydroxyl groups is 1. The van der Waals surface area contributed by atoms with Gasteiger partial charge in [-0.25, -0.2) is 0 Å². The fraction of sp³-hybridized carbons (Fsp3) is 0.455. The zero-order chi connectivity index (χ0) is 10.7. The Labute approximate surface area is 93.8 Å². The van der Waals surface area contributed by atoms with E-state index in [1.165, 1.54) is 4.90 Å². The second-order valence-corrected chi connectivity index (χ2v) is 4.44. The molecule has 0 bridgehead atoms. The predicted molar refractivity (Wildman–Crippen MR) is 61.5 cm³/mol. The van der Waals surface area contributed by atoms with Crippen LogP contribution in [0.3, 0.4) is 0 Å². The van der Waals surface area contributed by atoms with Crippen LogP contribution in [0.25, 0.3) is 0 Å². The van der Waals surface area contributed by atoms with Crippen molar-refractivity contribution in [2.45, 2.75) is 17.1 Å². The Bertz CT molecular complexity index is 315. The van der Waals surface area contributed by atoms with Crippen LogP contribution < -0.4 is 10.1 Å². The van der Waals surface area contributed by atoms with Gasteiger partial charge in [0.05, 0.1) is 0 Å². The molecule has 0 spiro atoms. The van der Waals surface area contributed by atoms with Gasteiger partial charge in [0, 0.05) is 18.0 Å². The summed E-state index contributed by atoms with van der Waals surface area (Å²) in [4.78, 5) is 1.22. The fourth-order valence-electron chi connectivity index (χ4n) is 1.59. The van der Waals surface area contributed by atoms with E-state index in [0.717, 1.165) is 5.75 Å². The van der Waals surface area contributed by atoms with E-state index in [-0.39, 0.29) is 6.10 Å². The second-order valence-electron chi connectivity index (χ2n) is 3.56. The summed E-state index contributed by atoms with van der Waals surface area (Å²) >= 11 is 1.70. The molecule has 0 amide bonds. The smallest absolute Gasteiger partial charge is 0.138 e. The summed E-state index contributed by atoms with van der Waals surface area (Å²) in [5, 5.41) is 12.6. The van der Waals surface area contributed by atoms with Crippen LogP contribution in [0.5, 0.6) is 5.75 Å². The molecule has 3 nitrogen and oxygen atoms in total. The molecule has 2 rings (SSSR count). The zero-order valence-corrected chi connectivity index (χ0v) is 9.46. The van der Waals surface area contributed by atoms with Crippen LogP contribution in [0.2, 0.25) is 0 Å². The molecule has 1 aliphatic rings. The number of nitrogens with one attached hydrogen (secondary N) is 1. The Morgan fingerprint density at radius 1 is 1.33 bits per heavy atom. The molecule has 0 aromatic heterocycles. The highest BCUT2D eigenvalue weighted by atomic mass is 32.2. The summed E-state index contributed by atoms with van der Waals surface area (Å²) in [5.74, 6) is 0.820. The van der Waals surface area contributed by atoms with Crippen LogP contribution in [-0.2, 0) is 0 Å². The van der Waals surface area contributed by atoms with Crippen LogP contribution in [-0.4, -0.2) is 36.7 Å². The van der Waals surface area contributed by atoms with Crippen molar-refractivity contribution >= 4 is 11.8 Å². The first-order chi connectivity index (χ1) is 7.29. The highest BCUT2D eigenvalue weighted by molar-refractivity contribution is 7.98. The number of rotatable bonds is 3. The highest BCUT2D eigenvalue weighted by Crippen LogP contribution is 2.20. The van der Waals surface area contributed by atoms with Gasteiger partial charge in [-0.2, -0.15) is 0 Å². The number of benzene rings is 1. The molecular weight excluding hydrogens is 210 g/mol. The molecular formula is C11H15NO2S. The number of hydrogen-bond donors (Lipinski definition) is 2. The van der Waals surface area contributed by atoms with Crippen LogP contribution in [0, 0.1) is 0 Å². The van der Waals surface area contributed by atoms with Gasteiger partial charge in [-0.15, -0.1) is 11.8 Å². The minimum Gasteiger partial charge on any atom is -0.486 e. The van der Waals surface area contributed by atoms with Crippen molar-refractivity contribution in [1.29, 1.82) is 0 Å². The molecule has 4 heteroatoms. The summed E-state index contributed by atoms with van der Waals surface area (Å²) in [7, 11) is 0. The molecule has 1 fully saturated rings. The molecule has 0 radical (unpaired) electrons. The number of thioether (sulfide) groups is 1. The van der Waals surface area contributed by atoms with Gasteiger partial charge in [0.1, 0.15) is 18.0 Å². The lowest BCUT2D eigenvalue weighted by atomic mass is 10.2. The lowest BCUT2D eigenvalue weighted by molar-refractivity contribution is 0.0737. The van der Waals surface area contributed by atoms with Crippen molar-refractivity contribution in [2.75, 3.05) is 19.3 Å². The normalized spacial score (nSPS) is 25.5. The first-order valence-electron chi connectivity index (χ1n) is 4.99. The topological polar surface area (TPSA) is 41.5 Å². The SMILES string of the molecule is CSc1ccc(OC2CNCC2O)cc1. The zero-order valence-electron chi connectivity index (χ0n) is 8.64. The van der Waals surface area contributed by atoms with E-state index in [1.807, 2.05) is 30.5 Å². The Morgan fingerprint density at radius 2 is 2.07 bits per heavy atom. The first kappa shape index (κ1) is 10.8. The molecule has 1 aliphatic heterocycles. The van der Waals surface area contributed by atoms with Gasteiger partial charge in [0.15, 0.2) is 0 Å². The molecule has 0 saturated carbocycles. The molecule has 1 heterocycles. The van der Waals surface area contributed by atoms with E-state index in [1.54, 1.807) is 11.8 Å². The molecule has 2 N–H and O–H groups in total. The third kappa shape index (κ3) is 2.65. The second kappa shape index (κ2) is 4.88. The molecule has 82 valence electrons. The lowest BCUT2D eigenvalue weighted by Gasteiger charge is -2.16. The quantitative estimate of drug-likeness (QED) is 0.756. The fourth-order valence-corrected chi connectivity index (χ4v) is 2.00. The van der Waals surface area contributed by atoms with E-state index in [9.17, 15) is 5.11 Å². The van der Waals surface area contributed by atoms with Gasteiger partial charge < -0.3 is 15.2 Å². The summed E-state index contributed by atoms with van der Waals surface area (Å²) in [6, 6.07) is 7.93. The van der Waals surface area contributed by atoms with Crippen LogP contribution >= 0.6 is 11.8 Å². The van der Waals surface area contributed by atoms with Crippen LogP contribution in [0.15, 0.2) is 29.2 Å². The van der Waals surface area contributed by atoms with Gasteiger partial charge >= 0.3 is 0 Å². The van der Waals surface area contributed by atoms with Gasteiger partial charge in [0.2, 0.25) is 0 Å². The number of aliphatic hydroxyl groups excluding tert-OH is 1. The van der Waals surface area contributed by atoms with E-state index in [0.29, 0.717) is 13.1 Å². The Balaban J connectivity index is 1.98. The van der Waals surface area contributed by atoms with Crippen LogP contribution in [0.4, 0.5) is 0 Å². The molecule has 1 aromatic rings. The maximum atomic E-state index is 9.56. The number of β-amino-alcohol motifs (C(OH)–C–C–N with tert-alkyl or cyclic N) is 1. The van der Waals surface area contributed by atoms with E-state index < -0.39 is 6.10 Å². The van der Waals surface area contributed by atoms with Crippen molar-refractivity contribution in [3.63, 3.8) is 0 Å². The maximum absolute atomic E-state index is 9.56. The monoisotopic (exact) mass is 225 g/mol. The standard InChI is InChI=1S/C11H15NO2S/c1-15-9-4-2-8(3-5-9)14-11-7-12-6-10(11)13/h2-5,10-13H,6-7H2,1H3. The van der Waals surface area contributed by atoms with Crippen molar-refractivity contribution in [3.05, 3.63) is 24.3 Å². The lowest BCUT2D eigenvalue weighted by Crippen LogP contribution is -2.29. The largest absolute Gasteiger partial charge is 0.486 e. The Morgan fingerprint density at radius 3 is 2.60 bits per heavy atom. The van der Waals surface area contributed by atoms with Crippen LogP contribution in [0.1, 0.15) is 0 Å². The van der Waals surface area contributed by atoms with E-state index in [2.05, 4.69) is 5.32 Å². The molecule has 15 heavy (non-hydrogen) atoms. The van der Waals surface area contributed by atoms with Crippen molar-refractivity contribution in [3.8, 4) is 5.75 Å². The third-order valence-electron chi connectivity index (χ3n) is 2.48. The van der Waals surface area contributed by atoms with E-state index in [4.69, 9.17) is 4.74 Å². The summed E-state index contributed by atoms with van der Waals surface area (Å²) in [5.41, 5.74) is 0. The Hall–Kier alpha value is -0.710. The summed E-state index contributed by atoms with van der Waals surface area (Å²) in [6.45, 7) is 1.33. The molecule has 0 aliphatic carbocycles. The van der Waals surface area contributed by atoms with Crippen molar-refractivity contribution in [2.24, 2.45) is 0 Å². The van der Waals surface area contributed by atoms with Gasteiger partial charge in [0.25, 0.3) is 0 Å². The predicted octanol–water partition coefficient (Wildman–Crippen LogP) is 1.12. The molecule has 1 aromatic carbocycles. The van der Waals surface area contributed by atoms with Crippen molar-refractivity contribution < 1.29 is 9.84 Å².